The first kappa shape index (κ1) is 9.18. The highest BCUT2D eigenvalue weighted by Gasteiger charge is 1.95. The fourth-order valence-electron chi connectivity index (χ4n) is 0.509. The van der Waals surface area contributed by atoms with Gasteiger partial charge in [-0.2, -0.15) is 0 Å². The summed E-state index contributed by atoms with van der Waals surface area (Å²) in [6, 6.07) is 5.02. The van der Waals surface area contributed by atoms with E-state index in [0.29, 0.717) is 5.69 Å². The average Bonchev–Trinajstić information content (AvgIpc) is 2.10. The third kappa shape index (κ3) is 3.01. The van der Waals surface area contributed by atoms with Crippen molar-refractivity contribution in [1.29, 1.82) is 0 Å². The lowest BCUT2D eigenvalue weighted by Gasteiger charge is -1.88. The molecule has 1 aromatic heterocycles. The molecular formula is C8H8N2O. The quantitative estimate of drug-likeness (QED) is 0.587. The first-order valence-electron chi connectivity index (χ1n) is 2.85. The summed E-state index contributed by atoms with van der Waals surface area (Å²) in [5.41, 5.74) is 5.22. The molecule has 3 heteroatoms. The van der Waals surface area contributed by atoms with Gasteiger partial charge < -0.3 is 5.73 Å². The fraction of sp³-hybridized carbons (Fsp3) is 0. The molecule has 0 aliphatic rings. The Hall–Kier alpha value is -1.82. The van der Waals surface area contributed by atoms with E-state index >= 15 is 0 Å². The molecule has 0 unspecified atom stereocenters. The van der Waals surface area contributed by atoms with Crippen LogP contribution in [0.2, 0.25) is 0 Å². The zero-order chi connectivity index (χ0) is 8.69. The fourth-order valence-corrected chi connectivity index (χ4v) is 0.509. The van der Waals surface area contributed by atoms with Crippen LogP contribution in [0.3, 0.4) is 0 Å². The molecule has 0 aliphatic heterocycles. The Morgan fingerprint density at radius 3 is 2.36 bits per heavy atom. The minimum absolute atomic E-state index is 0.303. The summed E-state index contributed by atoms with van der Waals surface area (Å²) in [7, 11) is 0. The van der Waals surface area contributed by atoms with Crippen molar-refractivity contribution in [3.8, 4) is 12.8 Å². The van der Waals surface area contributed by atoms with Crippen LogP contribution in [0.1, 0.15) is 10.5 Å². The van der Waals surface area contributed by atoms with Crippen LogP contribution in [0.25, 0.3) is 0 Å². The van der Waals surface area contributed by atoms with E-state index < -0.39 is 5.91 Å². The molecule has 1 rings (SSSR count). The van der Waals surface area contributed by atoms with E-state index in [4.69, 9.17) is 5.73 Å². The van der Waals surface area contributed by atoms with Gasteiger partial charge in [-0.05, 0) is 12.1 Å². The van der Waals surface area contributed by atoms with Crippen molar-refractivity contribution in [2.75, 3.05) is 0 Å². The topological polar surface area (TPSA) is 56.0 Å². The maximum absolute atomic E-state index is 10.4. The molecule has 0 fully saturated rings. The zero-order valence-corrected chi connectivity index (χ0v) is 5.90. The molecule has 1 aromatic rings. The molecule has 2 N–H and O–H groups in total. The van der Waals surface area contributed by atoms with Crippen molar-refractivity contribution in [2.24, 2.45) is 5.73 Å². The minimum Gasteiger partial charge on any atom is -0.364 e. The monoisotopic (exact) mass is 148 g/mol. The Morgan fingerprint density at radius 2 is 2.09 bits per heavy atom. The van der Waals surface area contributed by atoms with Gasteiger partial charge in [0.05, 0.1) is 0 Å². The molecule has 3 nitrogen and oxygen atoms in total. The average molecular weight is 148 g/mol. The van der Waals surface area contributed by atoms with Crippen molar-refractivity contribution in [3.05, 3.63) is 30.1 Å². The molecule has 1 heterocycles. The molecule has 1 amide bonds. The number of primary amides is 1. The van der Waals surface area contributed by atoms with Crippen LogP contribution in [0, 0.1) is 12.8 Å². The van der Waals surface area contributed by atoms with Crippen LogP contribution in [-0.2, 0) is 0 Å². The predicted octanol–water partition coefficient (Wildman–Crippen LogP) is 0.430. The number of nitrogens with zero attached hydrogens (tertiary/aromatic N) is 1. The van der Waals surface area contributed by atoms with E-state index in [0.717, 1.165) is 0 Å². The number of carbonyl (C=O) groups excluding carboxylic acids is 1. The summed E-state index contributed by atoms with van der Waals surface area (Å²) in [4.78, 5) is 14.1. The van der Waals surface area contributed by atoms with Gasteiger partial charge in [-0.3, -0.25) is 9.78 Å². The second-order valence-electron chi connectivity index (χ2n) is 1.58. The van der Waals surface area contributed by atoms with Crippen molar-refractivity contribution in [3.63, 3.8) is 0 Å². The number of terminal acetylenes is 1. The number of hydrogen-bond donors (Lipinski definition) is 1. The highest BCUT2D eigenvalue weighted by molar-refractivity contribution is 5.90. The third-order valence-corrected chi connectivity index (χ3v) is 0.917. The molecule has 0 saturated carbocycles. The molecule has 11 heavy (non-hydrogen) atoms. The minimum atomic E-state index is -0.490. The van der Waals surface area contributed by atoms with Gasteiger partial charge in [0.25, 0.3) is 5.91 Å². The Balaban J connectivity index is 0.000000461. The van der Waals surface area contributed by atoms with Crippen LogP contribution in [0.4, 0.5) is 0 Å². The van der Waals surface area contributed by atoms with Gasteiger partial charge >= 0.3 is 0 Å². The van der Waals surface area contributed by atoms with Crippen LogP contribution >= 0.6 is 0 Å². The van der Waals surface area contributed by atoms with E-state index in [2.05, 4.69) is 17.8 Å². The Bertz CT molecular complexity index is 241. The van der Waals surface area contributed by atoms with E-state index in [-0.39, 0.29) is 0 Å². The zero-order valence-electron chi connectivity index (χ0n) is 5.90. The number of hydrogen-bond acceptors (Lipinski definition) is 2. The summed E-state index contributed by atoms with van der Waals surface area (Å²) >= 11 is 0. The van der Waals surface area contributed by atoms with E-state index in [1.54, 1.807) is 18.2 Å². The molecule has 0 aromatic carbocycles. The Morgan fingerprint density at radius 1 is 1.45 bits per heavy atom. The maximum atomic E-state index is 10.4. The number of nitrogens with two attached hydrogens (primary N) is 1. The Labute approximate surface area is 65.3 Å². The number of aromatic nitrogens is 1. The van der Waals surface area contributed by atoms with Gasteiger partial charge in [0, 0.05) is 6.20 Å². The van der Waals surface area contributed by atoms with Gasteiger partial charge in [-0.15, -0.1) is 12.8 Å². The number of rotatable bonds is 1. The molecule has 56 valence electrons. The Kier molecular flexibility index (Phi) is 4.18. The second kappa shape index (κ2) is 5.00. The predicted molar refractivity (Wildman–Crippen MR) is 42.6 cm³/mol. The highest BCUT2D eigenvalue weighted by atomic mass is 16.1. The third-order valence-electron chi connectivity index (χ3n) is 0.917. The summed E-state index contributed by atoms with van der Waals surface area (Å²) < 4.78 is 0. The molecule has 0 aliphatic carbocycles. The summed E-state index contributed by atoms with van der Waals surface area (Å²) in [5.74, 6) is -0.490. The second-order valence-corrected chi connectivity index (χ2v) is 1.58. The molecule has 0 spiro atoms. The normalized spacial score (nSPS) is 7.45. The first-order chi connectivity index (χ1) is 5.30. The van der Waals surface area contributed by atoms with Crippen molar-refractivity contribution < 1.29 is 4.79 Å². The van der Waals surface area contributed by atoms with Gasteiger partial charge in [0.1, 0.15) is 5.69 Å². The van der Waals surface area contributed by atoms with Gasteiger partial charge in [-0.25, -0.2) is 0 Å². The molecule has 0 saturated heterocycles. The van der Waals surface area contributed by atoms with Crippen LogP contribution in [0.5, 0.6) is 0 Å². The van der Waals surface area contributed by atoms with Crippen molar-refractivity contribution in [1.82, 2.24) is 4.98 Å². The highest BCUT2D eigenvalue weighted by Crippen LogP contribution is 1.88. The number of amides is 1. The van der Waals surface area contributed by atoms with Gasteiger partial charge in [-0.1, -0.05) is 6.07 Å². The lowest BCUT2D eigenvalue weighted by Crippen LogP contribution is -2.12. The van der Waals surface area contributed by atoms with Crippen LogP contribution < -0.4 is 5.73 Å². The number of pyridine rings is 1. The SMILES string of the molecule is C#C.NC(=O)c1ccccn1. The van der Waals surface area contributed by atoms with Gasteiger partial charge in [0.2, 0.25) is 0 Å². The smallest absolute Gasteiger partial charge is 0.267 e. The van der Waals surface area contributed by atoms with E-state index in [1.807, 2.05) is 0 Å². The largest absolute Gasteiger partial charge is 0.364 e. The van der Waals surface area contributed by atoms with Crippen LogP contribution in [-0.4, -0.2) is 10.9 Å². The number of carbonyl (C=O) groups is 1. The van der Waals surface area contributed by atoms with E-state index in [1.165, 1.54) is 6.20 Å². The molecular weight excluding hydrogens is 140 g/mol. The summed E-state index contributed by atoms with van der Waals surface area (Å²) in [6.45, 7) is 0. The molecule has 0 atom stereocenters. The molecule has 0 radical (unpaired) electrons. The summed E-state index contributed by atoms with van der Waals surface area (Å²) in [6.07, 6.45) is 9.53. The maximum Gasteiger partial charge on any atom is 0.267 e. The first-order valence-corrected chi connectivity index (χ1v) is 2.85. The standard InChI is InChI=1S/C6H6N2O.C2H2/c7-6(9)5-3-1-2-4-8-5;1-2/h1-4H,(H2,7,9);1-2H. The van der Waals surface area contributed by atoms with Crippen LogP contribution in [0.15, 0.2) is 24.4 Å². The van der Waals surface area contributed by atoms with Crippen molar-refractivity contribution >= 4 is 5.91 Å². The lowest BCUT2D eigenvalue weighted by atomic mass is 10.3. The van der Waals surface area contributed by atoms with Crippen molar-refractivity contribution in [2.45, 2.75) is 0 Å². The van der Waals surface area contributed by atoms with E-state index in [9.17, 15) is 4.79 Å². The summed E-state index contributed by atoms with van der Waals surface area (Å²) in [5, 5.41) is 0. The van der Waals surface area contributed by atoms with Gasteiger partial charge in [0.15, 0.2) is 0 Å². The molecule has 0 bridgehead atoms. The lowest BCUT2D eigenvalue weighted by molar-refractivity contribution is 0.0995.